The maximum atomic E-state index is 12.6. The lowest BCUT2D eigenvalue weighted by Crippen LogP contribution is -2.49. The Hall–Kier alpha value is -1.66. The summed E-state index contributed by atoms with van der Waals surface area (Å²) in [5.74, 6) is 1.12. The van der Waals surface area contributed by atoms with E-state index >= 15 is 0 Å². The van der Waals surface area contributed by atoms with Gasteiger partial charge in [0.05, 0.1) is 19.3 Å². The number of nitrogens with one attached hydrogen (secondary N) is 1. The fourth-order valence-electron chi connectivity index (χ4n) is 3.59. The number of likely N-dealkylation sites (N-methyl/N-ethyl adjacent to an activating group) is 1. The van der Waals surface area contributed by atoms with Gasteiger partial charge in [-0.1, -0.05) is 19.4 Å². The molecule has 2 aliphatic rings. The average Bonchev–Trinajstić information content (AvgIpc) is 2.67. The second kappa shape index (κ2) is 8.44. The molecular weight excluding hydrogens is 304 g/mol. The van der Waals surface area contributed by atoms with Crippen LogP contribution in [0.4, 0.5) is 5.82 Å². The third-order valence-corrected chi connectivity index (χ3v) is 4.95. The highest BCUT2D eigenvalue weighted by Crippen LogP contribution is 2.20. The summed E-state index contributed by atoms with van der Waals surface area (Å²) in [4.78, 5) is 21.7. The summed E-state index contributed by atoms with van der Waals surface area (Å²) in [6.07, 6.45) is 5.11. The van der Waals surface area contributed by atoms with Gasteiger partial charge in [0, 0.05) is 31.4 Å². The summed E-state index contributed by atoms with van der Waals surface area (Å²) in [5.41, 5.74) is 1.08. The average molecular weight is 332 g/mol. The van der Waals surface area contributed by atoms with Gasteiger partial charge in [-0.05, 0) is 32.0 Å². The van der Waals surface area contributed by atoms with Crippen LogP contribution < -0.4 is 10.2 Å². The Morgan fingerprint density at radius 1 is 1.33 bits per heavy atom. The third kappa shape index (κ3) is 4.05. The van der Waals surface area contributed by atoms with E-state index in [4.69, 9.17) is 4.74 Å². The maximum Gasteiger partial charge on any atom is 0.237 e. The third-order valence-electron chi connectivity index (χ3n) is 4.95. The monoisotopic (exact) mass is 332 g/mol. The molecular formula is C18H28N4O2. The van der Waals surface area contributed by atoms with Crippen LogP contribution in [0.5, 0.6) is 0 Å². The van der Waals surface area contributed by atoms with Crippen LogP contribution in [0.3, 0.4) is 0 Å². The lowest BCUT2D eigenvalue weighted by atomic mass is 10.0. The van der Waals surface area contributed by atoms with E-state index in [-0.39, 0.29) is 11.9 Å². The molecule has 1 aromatic rings. The van der Waals surface area contributed by atoms with Gasteiger partial charge in [-0.25, -0.2) is 4.98 Å². The van der Waals surface area contributed by atoms with Gasteiger partial charge in [0.25, 0.3) is 0 Å². The van der Waals surface area contributed by atoms with Gasteiger partial charge in [-0.2, -0.15) is 0 Å². The molecule has 6 nitrogen and oxygen atoms in total. The Bertz CT molecular complexity index is 546. The van der Waals surface area contributed by atoms with Crippen molar-refractivity contribution in [1.29, 1.82) is 0 Å². The topological polar surface area (TPSA) is 57.7 Å². The van der Waals surface area contributed by atoms with Crippen LogP contribution >= 0.6 is 0 Å². The van der Waals surface area contributed by atoms with Crippen molar-refractivity contribution >= 4 is 11.7 Å². The standard InChI is InChI=1S/C18H28N4O2/c1-2-21-9-4-3-7-16(21)18(23)20-14-15-6-5-8-19-17(15)22-10-12-24-13-11-22/h5-6,8,16H,2-4,7,9-14H2,1H3,(H,20,23). The van der Waals surface area contributed by atoms with Gasteiger partial charge < -0.3 is 15.0 Å². The lowest BCUT2D eigenvalue weighted by Gasteiger charge is -2.34. The van der Waals surface area contributed by atoms with Gasteiger partial charge >= 0.3 is 0 Å². The minimum absolute atomic E-state index is 0.0206. The van der Waals surface area contributed by atoms with E-state index in [1.807, 2.05) is 12.3 Å². The van der Waals surface area contributed by atoms with Crippen LogP contribution in [0.25, 0.3) is 0 Å². The highest BCUT2D eigenvalue weighted by atomic mass is 16.5. The van der Waals surface area contributed by atoms with E-state index < -0.39 is 0 Å². The minimum atomic E-state index is 0.0206. The first-order valence-electron chi connectivity index (χ1n) is 9.08. The molecule has 3 heterocycles. The number of piperidine rings is 1. The quantitative estimate of drug-likeness (QED) is 0.883. The lowest BCUT2D eigenvalue weighted by molar-refractivity contribution is -0.127. The van der Waals surface area contributed by atoms with E-state index in [0.29, 0.717) is 6.54 Å². The van der Waals surface area contributed by atoms with E-state index in [2.05, 4.69) is 33.1 Å². The molecule has 0 spiro atoms. The van der Waals surface area contributed by atoms with Crippen molar-refractivity contribution in [1.82, 2.24) is 15.2 Å². The number of pyridine rings is 1. The molecule has 0 bridgehead atoms. The number of ether oxygens (including phenoxy) is 1. The fourth-order valence-corrected chi connectivity index (χ4v) is 3.59. The molecule has 132 valence electrons. The Balaban J connectivity index is 1.62. The first-order chi connectivity index (χ1) is 11.8. The van der Waals surface area contributed by atoms with Gasteiger partial charge in [0.1, 0.15) is 5.82 Å². The molecule has 1 amide bonds. The van der Waals surface area contributed by atoms with Crippen molar-refractivity contribution in [2.24, 2.45) is 0 Å². The van der Waals surface area contributed by atoms with E-state index in [1.54, 1.807) is 0 Å². The summed E-state index contributed by atoms with van der Waals surface area (Å²) < 4.78 is 5.42. The van der Waals surface area contributed by atoms with Crippen LogP contribution in [-0.4, -0.2) is 61.2 Å². The molecule has 2 saturated heterocycles. The molecule has 1 N–H and O–H groups in total. The SMILES string of the molecule is CCN1CCCCC1C(=O)NCc1cccnc1N1CCOCC1. The van der Waals surface area contributed by atoms with Crippen molar-refractivity contribution < 1.29 is 9.53 Å². The largest absolute Gasteiger partial charge is 0.378 e. The van der Waals surface area contributed by atoms with Crippen LogP contribution in [0.15, 0.2) is 18.3 Å². The minimum Gasteiger partial charge on any atom is -0.378 e. The Labute approximate surface area is 144 Å². The molecule has 1 atom stereocenters. The van der Waals surface area contributed by atoms with E-state index in [0.717, 1.165) is 63.6 Å². The number of carbonyl (C=O) groups is 1. The molecule has 1 unspecified atom stereocenters. The second-order valence-corrected chi connectivity index (χ2v) is 6.44. The number of likely N-dealkylation sites (tertiary alicyclic amines) is 1. The predicted molar refractivity (Wildman–Crippen MR) is 94.0 cm³/mol. The smallest absolute Gasteiger partial charge is 0.237 e. The number of morpholine rings is 1. The Morgan fingerprint density at radius 2 is 2.17 bits per heavy atom. The zero-order chi connectivity index (χ0) is 16.8. The van der Waals surface area contributed by atoms with E-state index in [9.17, 15) is 4.79 Å². The molecule has 3 rings (SSSR count). The van der Waals surface area contributed by atoms with Crippen LogP contribution in [-0.2, 0) is 16.1 Å². The van der Waals surface area contributed by atoms with Crippen molar-refractivity contribution in [3.8, 4) is 0 Å². The summed E-state index contributed by atoms with van der Waals surface area (Å²) >= 11 is 0. The predicted octanol–water partition coefficient (Wildman–Crippen LogP) is 1.41. The Morgan fingerprint density at radius 3 is 2.96 bits per heavy atom. The first kappa shape index (κ1) is 17.2. The first-order valence-corrected chi connectivity index (χ1v) is 9.08. The van der Waals surface area contributed by atoms with Gasteiger partial charge in [-0.3, -0.25) is 9.69 Å². The number of amides is 1. The number of rotatable bonds is 5. The van der Waals surface area contributed by atoms with Crippen LogP contribution in [0.2, 0.25) is 0 Å². The molecule has 0 radical (unpaired) electrons. The zero-order valence-electron chi connectivity index (χ0n) is 14.5. The summed E-state index contributed by atoms with van der Waals surface area (Å²) in [7, 11) is 0. The number of aromatic nitrogens is 1. The van der Waals surface area contributed by atoms with Crippen molar-refractivity contribution in [3.05, 3.63) is 23.9 Å². The van der Waals surface area contributed by atoms with Crippen molar-refractivity contribution in [2.45, 2.75) is 38.8 Å². The van der Waals surface area contributed by atoms with Crippen molar-refractivity contribution in [3.63, 3.8) is 0 Å². The number of nitrogens with zero attached hydrogens (tertiary/aromatic N) is 3. The number of anilines is 1. The number of carbonyl (C=O) groups excluding carboxylic acids is 1. The number of hydrogen-bond acceptors (Lipinski definition) is 5. The summed E-state index contributed by atoms with van der Waals surface area (Å²) in [6, 6.07) is 4.01. The van der Waals surface area contributed by atoms with Gasteiger partial charge in [0.15, 0.2) is 0 Å². The highest BCUT2D eigenvalue weighted by molar-refractivity contribution is 5.82. The summed E-state index contributed by atoms with van der Waals surface area (Å²) in [6.45, 7) is 7.79. The normalized spacial score (nSPS) is 22.4. The molecule has 0 aliphatic carbocycles. The molecule has 2 aliphatic heterocycles. The van der Waals surface area contributed by atoms with Crippen LogP contribution in [0, 0.1) is 0 Å². The number of hydrogen-bond donors (Lipinski definition) is 1. The summed E-state index contributed by atoms with van der Waals surface area (Å²) in [5, 5.41) is 3.13. The Kier molecular flexibility index (Phi) is 6.04. The second-order valence-electron chi connectivity index (χ2n) is 6.44. The fraction of sp³-hybridized carbons (Fsp3) is 0.667. The zero-order valence-corrected chi connectivity index (χ0v) is 14.5. The molecule has 2 fully saturated rings. The molecule has 0 saturated carbocycles. The highest BCUT2D eigenvalue weighted by Gasteiger charge is 2.27. The maximum absolute atomic E-state index is 12.6. The van der Waals surface area contributed by atoms with Crippen LogP contribution in [0.1, 0.15) is 31.7 Å². The molecule has 1 aromatic heterocycles. The van der Waals surface area contributed by atoms with Gasteiger partial charge in [-0.15, -0.1) is 0 Å². The van der Waals surface area contributed by atoms with E-state index in [1.165, 1.54) is 6.42 Å². The van der Waals surface area contributed by atoms with Gasteiger partial charge in [0.2, 0.25) is 5.91 Å². The molecule has 0 aromatic carbocycles. The van der Waals surface area contributed by atoms with Crippen molar-refractivity contribution in [2.75, 3.05) is 44.3 Å². The molecule has 24 heavy (non-hydrogen) atoms. The molecule has 6 heteroatoms.